The van der Waals surface area contributed by atoms with Gasteiger partial charge in [-0.3, -0.25) is 9.48 Å². The van der Waals surface area contributed by atoms with Crippen molar-refractivity contribution in [2.24, 2.45) is 7.05 Å². The molecule has 1 fully saturated rings. The molecule has 0 saturated heterocycles. The normalized spacial score (nSPS) is 17.9. The molecule has 1 amide bonds. The van der Waals surface area contributed by atoms with Crippen LogP contribution in [-0.2, 0) is 7.05 Å². The second-order valence-corrected chi connectivity index (χ2v) is 6.12. The zero-order valence-corrected chi connectivity index (χ0v) is 11.7. The van der Waals surface area contributed by atoms with Crippen molar-refractivity contribution in [1.29, 1.82) is 0 Å². The minimum atomic E-state index is -0.132. The Morgan fingerprint density at radius 1 is 1.61 bits per heavy atom. The number of hydrogen-bond donors (Lipinski definition) is 2. The predicted molar refractivity (Wildman–Crippen MR) is 74.7 cm³/mol. The Hall–Kier alpha value is -1.17. The first-order chi connectivity index (χ1) is 8.58. The van der Waals surface area contributed by atoms with E-state index in [0.29, 0.717) is 17.9 Å². The maximum Gasteiger partial charge on any atom is 0.271 e. The molecule has 5 nitrogen and oxygen atoms in total. The molecule has 3 N–H and O–H groups in total. The second-order valence-electron chi connectivity index (χ2n) is 4.85. The maximum absolute atomic E-state index is 12.1. The van der Waals surface area contributed by atoms with E-state index < -0.39 is 0 Å². The average molecular weight is 268 g/mol. The molecule has 0 atom stereocenters. The van der Waals surface area contributed by atoms with Gasteiger partial charge < -0.3 is 11.1 Å². The summed E-state index contributed by atoms with van der Waals surface area (Å²) in [5.74, 6) is -0.132. The number of anilines is 1. The molecule has 2 rings (SSSR count). The van der Waals surface area contributed by atoms with E-state index in [4.69, 9.17) is 5.73 Å². The van der Waals surface area contributed by atoms with Gasteiger partial charge in [0, 0.05) is 18.3 Å². The highest BCUT2D eigenvalue weighted by Crippen LogP contribution is 2.39. The summed E-state index contributed by atoms with van der Waals surface area (Å²) in [5, 5.41) is 6.98. The lowest BCUT2D eigenvalue weighted by atomic mass is 10.1. The number of rotatable bonds is 4. The van der Waals surface area contributed by atoms with Gasteiger partial charge in [-0.2, -0.15) is 16.9 Å². The second kappa shape index (κ2) is 5.22. The minimum absolute atomic E-state index is 0.132. The largest absolute Gasteiger partial charge is 0.396 e. The van der Waals surface area contributed by atoms with E-state index >= 15 is 0 Å². The van der Waals surface area contributed by atoms with Gasteiger partial charge in [-0.15, -0.1) is 0 Å². The number of aromatic nitrogens is 2. The monoisotopic (exact) mass is 268 g/mol. The fraction of sp³-hybridized carbons (Fsp3) is 0.667. The Kier molecular flexibility index (Phi) is 3.85. The Balaban J connectivity index is 2.00. The number of thioether (sulfide) groups is 1. The molecule has 1 heterocycles. The lowest BCUT2D eigenvalue weighted by Gasteiger charge is -2.26. The molecule has 1 aliphatic rings. The minimum Gasteiger partial charge on any atom is -0.396 e. The molecule has 1 aromatic heterocycles. The third-order valence-electron chi connectivity index (χ3n) is 3.70. The Labute approximate surface area is 111 Å². The lowest BCUT2D eigenvalue weighted by Crippen LogP contribution is -2.39. The number of aryl methyl sites for hydroxylation is 1. The zero-order valence-electron chi connectivity index (χ0n) is 10.9. The van der Waals surface area contributed by atoms with Gasteiger partial charge in [0.1, 0.15) is 5.69 Å². The zero-order chi connectivity index (χ0) is 13.2. The Bertz CT molecular complexity index is 418. The first-order valence-corrected chi connectivity index (χ1v) is 7.41. The van der Waals surface area contributed by atoms with Crippen molar-refractivity contribution in [3.05, 3.63) is 11.9 Å². The van der Waals surface area contributed by atoms with Crippen LogP contribution in [0.1, 0.15) is 36.2 Å². The fourth-order valence-corrected chi connectivity index (χ4v) is 3.44. The van der Waals surface area contributed by atoms with Crippen LogP contribution in [0.2, 0.25) is 0 Å². The number of nitrogen functional groups attached to an aromatic ring is 1. The van der Waals surface area contributed by atoms with E-state index in [-0.39, 0.29) is 10.7 Å². The fourth-order valence-electron chi connectivity index (χ4n) is 2.53. The van der Waals surface area contributed by atoms with Crippen molar-refractivity contribution in [2.75, 3.05) is 18.5 Å². The molecule has 1 saturated carbocycles. The molecule has 0 aromatic carbocycles. The van der Waals surface area contributed by atoms with Crippen LogP contribution < -0.4 is 11.1 Å². The first kappa shape index (κ1) is 13.3. The van der Waals surface area contributed by atoms with Crippen molar-refractivity contribution in [3.63, 3.8) is 0 Å². The summed E-state index contributed by atoms with van der Waals surface area (Å²) < 4.78 is 1.73. The lowest BCUT2D eigenvalue weighted by molar-refractivity contribution is 0.0941. The molecular formula is C12H20N4OS. The number of nitrogens with zero attached hydrogens (tertiary/aromatic N) is 2. The number of nitrogens with one attached hydrogen (secondary N) is 1. The molecule has 6 heteroatoms. The predicted octanol–water partition coefficient (Wildman–Crippen LogP) is 1.41. The van der Waals surface area contributed by atoms with Gasteiger partial charge in [0.15, 0.2) is 0 Å². The Morgan fingerprint density at radius 2 is 2.28 bits per heavy atom. The van der Waals surface area contributed by atoms with Gasteiger partial charge in [0.25, 0.3) is 5.91 Å². The van der Waals surface area contributed by atoms with E-state index in [9.17, 15) is 4.79 Å². The number of carbonyl (C=O) groups is 1. The van der Waals surface area contributed by atoms with Gasteiger partial charge >= 0.3 is 0 Å². The molecule has 18 heavy (non-hydrogen) atoms. The molecule has 1 aliphatic carbocycles. The third-order valence-corrected chi connectivity index (χ3v) is 5.12. The Morgan fingerprint density at radius 3 is 2.78 bits per heavy atom. The van der Waals surface area contributed by atoms with Crippen LogP contribution in [0, 0.1) is 0 Å². The van der Waals surface area contributed by atoms with Crippen molar-refractivity contribution in [1.82, 2.24) is 15.1 Å². The molecule has 0 aliphatic heterocycles. The van der Waals surface area contributed by atoms with Crippen molar-refractivity contribution in [3.8, 4) is 0 Å². The highest BCUT2D eigenvalue weighted by molar-refractivity contribution is 8.00. The summed E-state index contributed by atoms with van der Waals surface area (Å²) in [4.78, 5) is 12.1. The summed E-state index contributed by atoms with van der Waals surface area (Å²) >= 11 is 1.86. The average Bonchev–Trinajstić information content (AvgIpc) is 2.95. The SMILES string of the molecule is CSC1(CNC(=O)c2c(N)cnn2C)CCCC1. The van der Waals surface area contributed by atoms with E-state index in [1.165, 1.54) is 36.6 Å². The summed E-state index contributed by atoms with van der Waals surface area (Å²) in [6, 6.07) is 0. The molecule has 0 bridgehead atoms. The summed E-state index contributed by atoms with van der Waals surface area (Å²) in [6.45, 7) is 0.706. The van der Waals surface area contributed by atoms with Crippen LogP contribution in [-0.4, -0.2) is 33.2 Å². The summed E-state index contributed by atoms with van der Waals surface area (Å²) in [6.07, 6.45) is 8.49. The van der Waals surface area contributed by atoms with Crippen LogP contribution in [0.15, 0.2) is 6.20 Å². The van der Waals surface area contributed by atoms with Crippen LogP contribution in [0.4, 0.5) is 5.69 Å². The van der Waals surface area contributed by atoms with E-state index in [2.05, 4.69) is 16.7 Å². The smallest absolute Gasteiger partial charge is 0.271 e. The number of nitrogens with two attached hydrogens (primary N) is 1. The van der Waals surface area contributed by atoms with Crippen LogP contribution in [0.5, 0.6) is 0 Å². The standard InChI is InChI=1S/C12H20N4OS/c1-16-10(9(13)7-15-16)11(17)14-8-12(18-2)5-3-4-6-12/h7H,3-6,8,13H2,1-2H3,(H,14,17). The van der Waals surface area contributed by atoms with Gasteiger partial charge in [-0.25, -0.2) is 0 Å². The first-order valence-electron chi connectivity index (χ1n) is 6.19. The maximum atomic E-state index is 12.1. The summed E-state index contributed by atoms with van der Waals surface area (Å²) in [7, 11) is 1.73. The van der Waals surface area contributed by atoms with Crippen molar-refractivity contribution in [2.45, 2.75) is 30.4 Å². The van der Waals surface area contributed by atoms with Gasteiger partial charge in [-0.05, 0) is 19.1 Å². The third kappa shape index (κ3) is 2.48. The summed E-state index contributed by atoms with van der Waals surface area (Å²) in [5.41, 5.74) is 6.62. The van der Waals surface area contributed by atoms with E-state index in [1.807, 2.05) is 11.8 Å². The molecule has 1 aromatic rings. The molecule has 0 unspecified atom stereocenters. The molecule has 0 spiro atoms. The molecule has 100 valence electrons. The topological polar surface area (TPSA) is 72.9 Å². The van der Waals surface area contributed by atoms with Crippen LogP contribution in [0.25, 0.3) is 0 Å². The van der Waals surface area contributed by atoms with Gasteiger partial charge in [0.2, 0.25) is 0 Å². The van der Waals surface area contributed by atoms with E-state index in [0.717, 1.165) is 0 Å². The number of hydrogen-bond acceptors (Lipinski definition) is 4. The van der Waals surface area contributed by atoms with Gasteiger partial charge in [-0.1, -0.05) is 12.8 Å². The quantitative estimate of drug-likeness (QED) is 0.866. The number of carbonyl (C=O) groups excluding carboxylic acids is 1. The molecule has 0 radical (unpaired) electrons. The number of amides is 1. The van der Waals surface area contributed by atoms with E-state index in [1.54, 1.807) is 7.05 Å². The van der Waals surface area contributed by atoms with Crippen LogP contribution >= 0.6 is 11.8 Å². The molecular weight excluding hydrogens is 248 g/mol. The van der Waals surface area contributed by atoms with Crippen LogP contribution in [0.3, 0.4) is 0 Å². The van der Waals surface area contributed by atoms with Crippen molar-refractivity contribution < 1.29 is 4.79 Å². The highest BCUT2D eigenvalue weighted by atomic mass is 32.2. The highest BCUT2D eigenvalue weighted by Gasteiger charge is 2.33. The van der Waals surface area contributed by atoms with Gasteiger partial charge in [0.05, 0.1) is 11.9 Å². The van der Waals surface area contributed by atoms with Crippen molar-refractivity contribution >= 4 is 23.4 Å².